The minimum Gasteiger partial charge on any atom is -0.748 e. The van der Waals surface area contributed by atoms with Gasteiger partial charge in [0.15, 0.2) is 0 Å². The van der Waals surface area contributed by atoms with E-state index in [1.54, 1.807) is 42.5 Å². The van der Waals surface area contributed by atoms with Gasteiger partial charge in [0.2, 0.25) is 0 Å². The van der Waals surface area contributed by atoms with Crippen LogP contribution >= 0.6 is 0 Å². The molecule has 2 amide bonds. The van der Waals surface area contributed by atoms with Crippen molar-refractivity contribution in [3.05, 3.63) is 105 Å². The van der Waals surface area contributed by atoms with Crippen molar-refractivity contribution < 1.29 is 59.8 Å². The number of aromatic carboxylic acids is 1. The second-order valence-electron chi connectivity index (χ2n) is 15.3. The van der Waals surface area contributed by atoms with E-state index in [4.69, 9.17) is 4.74 Å². The predicted octanol–water partition coefficient (Wildman–Crippen LogP) is 4.59. The summed E-state index contributed by atoms with van der Waals surface area (Å²) in [6.07, 6.45) is 6.34. The monoisotopic (exact) mass is 820 g/mol. The maximum absolute atomic E-state index is 12.5. The molecule has 0 aromatic heterocycles. The Morgan fingerprint density at radius 3 is 2.07 bits per heavy atom. The average Bonchev–Trinajstić information content (AvgIpc) is 3.35. The van der Waals surface area contributed by atoms with E-state index in [1.807, 2.05) is 45.9 Å². The largest absolute Gasteiger partial charge is 0.748 e. The Labute approximate surface area is 330 Å². The molecular formula is C41H42NO13S2-. The average molecular weight is 821 g/mol. The number of nitrogens with zero attached hydrogens (tertiary/aromatic N) is 1. The fourth-order valence-corrected chi connectivity index (χ4v) is 8.79. The molecule has 0 spiro atoms. The van der Waals surface area contributed by atoms with Crippen LogP contribution in [0, 0.1) is 10.8 Å². The van der Waals surface area contributed by atoms with Gasteiger partial charge in [0, 0.05) is 41.5 Å². The number of carboxylic acid groups (broad SMARTS) is 1. The minimum absolute atomic E-state index is 0. The zero-order chi connectivity index (χ0) is 41.1. The number of hydrogen-bond acceptors (Lipinski definition) is 11. The van der Waals surface area contributed by atoms with Gasteiger partial charge >= 0.3 is 11.9 Å². The number of allylic oxidation sites excluding steroid dienone is 2. The van der Waals surface area contributed by atoms with Crippen LogP contribution in [0.5, 0.6) is 11.5 Å². The molecule has 0 radical (unpaired) electrons. The lowest BCUT2D eigenvalue weighted by atomic mass is 9.75. The van der Waals surface area contributed by atoms with Crippen LogP contribution in [0.25, 0.3) is 22.8 Å². The van der Waals surface area contributed by atoms with E-state index in [-0.39, 0.29) is 25.8 Å². The summed E-state index contributed by atoms with van der Waals surface area (Å²) in [5, 5.41) is 11.8. The topological polar surface area (TPSA) is 222 Å². The number of imide groups is 1. The second-order valence-corrected chi connectivity index (χ2v) is 18.2. The molecule has 302 valence electrons. The molecule has 0 bridgehead atoms. The lowest BCUT2D eigenvalue weighted by Crippen LogP contribution is -2.30. The lowest BCUT2D eigenvalue weighted by molar-refractivity contribution is -0.195. The van der Waals surface area contributed by atoms with Gasteiger partial charge in [-0.05, 0) is 80.8 Å². The Bertz CT molecular complexity index is 2650. The molecule has 16 heteroatoms. The van der Waals surface area contributed by atoms with Gasteiger partial charge in [0.05, 0.1) is 21.4 Å². The summed E-state index contributed by atoms with van der Waals surface area (Å²) in [7, 11) is -9.01. The van der Waals surface area contributed by atoms with Crippen LogP contribution in [-0.2, 0) is 45.9 Å². The van der Waals surface area contributed by atoms with Crippen molar-refractivity contribution >= 4 is 66.8 Å². The second kappa shape index (κ2) is 15.2. The summed E-state index contributed by atoms with van der Waals surface area (Å²) >= 11 is 0. The van der Waals surface area contributed by atoms with Crippen LogP contribution in [0.1, 0.15) is 93.1 Å². The Hall–Kier alpha value is -5.42. The zero-order valence-corrected chi connectivity index (χ0v) is 32.7. The smallest absolute Gasteiger partial charge is 0.336 e. The summed E-state index contributed by atoms with van der Waals surface area (Å²) in [6, 6.07) is 13.6. The quantitative estimate of drug-likeness (QED) is 0.193. The van der Waals surface area contributed by atoms with Crippen molar-refractivity contribution in [2.45, 2.75) is 61.3 Å². The Morgan fingerprint density at radius 1 is 0.842 bits per heavy atom. The first kappa shape index (κ1) is 42.7. The minimum atomic E-state index is -4.63. The van der Waals surface area contributed by atoms with Crippen molar-refractivity contribution in [2.24, 2.45) is 10.8 Å². The van der Waals surface area contributed by atoms with Gasteiger partial charge in [-0.25, -0.2) is 18.0 Å². The molecule has 1 saturated heterocycles. The first-order valence-electron chi connectivity index (χ1n) is 17.4. The highest BCUT2D eigenvalue weighted by Crippen LogP contribution is 2.45. The number of benzene rings is 3. The number of ether oxygens (including phenoxy) is 1. The highest BCUT2D eigenvalue weighted by atomic mass is 32.2. The Kier molecular flexibility index (Phi) is 11.4. The molecule has 3 aromatic rings. The molecule has 2 N–H and O–H groups in total. The molecule has 0 atom stereocenters. The summed E-state index contributed by atoms with van der Waals surface area (Å²) < 4.78 is 76.1. The third-order valence-corrected chi connectivity index (χ3v) is 10.8. The highest BCUT2D eigenvalue weighted by Gasteiger charge is 2.34. The van der Waals surface area contributed by atoms with Gasteiger partial charge < -0.3 is 19.2 Å². The number of carbonyl (C=O) groups is 4. The fourth-order valence-electron chi connectivity index (χ4n) is 7.53. The van der Waals surface area contributed by atoms with Gasteiger partial charge in [0.25, 0.3) is 21.9 Å². The van der Waals surface area contributed by atoms with Gasteiger partial charge in [-0.3, -0.25) is 14.1 Å². The SMILES string of the molecule is C.CC(=O)ON1C(=O)CCC1=O.CC1(C)C=C(CS(=O)(=O)[O-])c2cc3c(cc2=C1)Oc1cc2c(cc1C=3c1ccccc1C(=O)O)C(CS(=O)(=O)O)=CC(C)(C)C2. The molecule has 2 aliphatic heterocycles. The van der Waals surface area contributed by atoms with Crippen molar-refractivity contribution in [1.29, 1.82) is 0 Å². The van der Waals surface area contributed by atoms with Crippen LogP contribution in [0.2, 0.25) is 0 Å². The Balaban J connectivity index is 0.000000448. The number of amides is 2. The van der Waals surface area contributed by atoms with Crippen LogP contribution in [0.15, 0.2) is 60.7 Å². The normalized spacial score (nSPS) is 17.4. The number of fused-ring (bicyclic) bond motifs is 4. The standard InChI is InChI=1S/C34H32O9S2.C6H7NO4.CH4/c1-33(2)13-19-9-29-27(11-25(19)21(15-33)17-44(37,38)39)31(23-7-5-6-8-24(23)32(35)36)28-12-26-20(10-30(28)43-29)14-34(3,4)16-22(26)18-45(40,41)42;1-4(8)11-7-5(9)2-3-6(7)10;/h5-13,15-16H,14,17-18H2,1-4H3,(H,35,36)(H,37,38,39)(H,40,41,42);2-3H2,1H3;1H4/p-1. The molecule has 57 heavy (non-hydrogen) atoms. The summed E-state index contributed by atoms with van der Waals surface area (Å²) in [5.74, 6) is -3.19. The van der Waals surface area contributed by atoms with Crippen LogP contribution in [0.3, 0.4) is 0 Å². The van der Waals surface area contributed by atoms with E-state index in [9.17, 15) is 50.2 Å². The molecular weight excluding hydrogens is 779 g/mol. The van der Waals surface area contributed by atoms with Gasteiger partial charge in [0.1, 0.15) is 17.3 Å². The molecule has 0 unspecified atom stereocenters. The summed E-state index contributed by atoms with van der Waals surface area (Å²) in [5.41, 5.74) is 3.05. The molecule has 1 fully saturated rings. The number of hydroxylamine groups is 2. The first-order valence-corrected chi connectivity index (χ1v) is 20.6. The fraction of sp³-hybridized carbons (Fsp3) is 0.317. The number of hydrogen-bond donors (Lipinski definition) is 2. The molecule has 2 aliphatic carbocycles. The summed E-state index contributed by atoms with van der Waals surface area (Å²) in [4.78, 5) is 48.6. The highest BCUT2D eigenvalue weighted by molar-refractivity contribution is 7.86. The van der Waals surface area contributed by atoms with E-state index in [0.29, 0.717) is 72.4 Å². The maximum Gasteiger partial charge on any atom is 0.336 e. The first-order chi connectivity index (χ1) is 25.9. The van der Waals surface area contributed by atoms with E-state index >= 15 is 0 Å². The zero-order valence-electron chi connectivity index (χ0n) is 31.0. The third-order valence-electron chi connectivity index (χ3n) is 9.42. The van der Waals surface area contributed by atoms with Crippen molar-refractivity contribution in [1.82, 2.24) is 5.06 Å². The third kappa shape index (κ3) is 9.42. The van der Waals surface area contributed by atoms with Gasteiger partial charge in [-0.1, -0.05) is 71.5 Å². The predicted molar refractivity (Wildman–Crippen MR) is 209 cm³/mol. The number of carboxylic acids is 1. The molecule has 7 rings (SSSR count). The molecule has 14 nitrogen and oxygen atoms in total. The summed E-state index contributed by atoms with van der Waals surface area (Å²) in [6.45, 7) is 8.87. The van der Waals surface area contributed by atoms with Crippen LogP contribution < -0.4 is 15.2 Å². The molecule has 4 aliphatic rings. The maximum atomic E-state index is 12.5. The molecule has 0 saturated carbocycles. The van der Waals surface area contributed by atoms with E-state index in [0.717, 1.165) is 12.5 Å². The lowest BCUT2D eigenvalue weighted by Gasteiger charge is -2.32. The van der Waals surface area contributed by atoms with E-state index in [1.165, 1.54) is 6.07 Å². The van der Waals surface area contributed by atoms with E-state index in [2.05, 4.69) is 4.84 Å². The van der Waals surface area contributed by atoms with Crippen molar-refractivity contribution in [3.63, 3.8) is 0 Å². The van der Waals surface area contributed by atoms with Crippen molar-refractivity contribution in [2.75, 3.05) is 11.5 Å². The van der Waals surface area contributed by atoms with E-state index < -0.39 is 66.3 Å². The molecule has 3 aromatic carbocycles. The van der Waals surface area contributed by atoms with Gasteiger partial charge in [-0.15, -0.1) is 5.06 Å². The Morgan fingerprint density at radius 2 is 1.47 bits per heavy atom. The van der Waals surface area contributed by atoms with Crippen molar-refractivity contribution in [3.8, 4) is 11.5 Å². The number of carbonyl (C=O) groups excluding carboxylic acids is 3. The van der Waals surface area contributed by atoms with Crippen LogP contribution in [-0.4, -0.2) is 71.4 Å². The molecule has 2 heterocycles. The van der Waals surface area contributed by atoms with Crippen LogP contribution in [0.4, 0.5) is 0 Å². The van der Waals surface area contributed by atoms with Gasteiger partial charge in [-0.2, -0.15) is 8.42 Å². The number of rotatable bonds is 7.